The molecule has 0 saturated carbocycles. The van der Waals surface area contributed by atoms with Gasteiger partial charge in [0, 0.05) is 17.0 Å². The molecule has 0 saturated heterocycles. The van der Waals surface area contributed by atoms with Crippen molar-refractivity contribution in [3.8, 4) is 17.1 Å². The highest BCUT2D eigenvalue weighted by atomic mass is 16.3. The van der Waals surface area contributed by atoms with Gasteiger partial charge in [-0.1, -0.05) is 19.1 Å². The molecule has 4 nitrogen and oxygen atoms in total. The molecule has 0 aliphatic carbocycles. The highest BCUT2D eigenvalue weighted by molar-refractivity contribution is 5.58. The molecule has 0 bridgehead atoms. The van der Waals surface area contributed by atoms with Crippen LogP contribution in [0.4, 0.5) is 0 Å². The van der Waals surface area contributed by atoms with E-state index in [1.54, 1.807) is 18.2 Å². The Morgan fingerprint density at radius 3 is 2.43 bits per heavy atom. The van der Waals surface area contributed by atoms with Gasteiger partial charge >= 0.3 is 0 Å². The smallest absolute Gasteiger partial charge is 0.159 e. The van der Waals surface area contributed by atoms with Crippen molar-refractivity contribution in [1.29, 1.82) is 0 Å². The molecule has 0 aliphatic rings. The van der Waals surface area contributed by atoms with E-state index >= 15 is 0 Å². The Hall–Kier alpha value is -1.94. The number of nitrogens with zero attached hydrogens (tertiary/aromatic N) is 2. The second-order valence-electron chi connectivity index (χ2n) is 5.25. The van der Waals surface area contributed by atoms with E-state index in [1.807, 2.05) is 19.9 Å². The Kier molecular flexibility index (Phi) is 5.28. The first kappa shape index (κ1) is 15.4. The van der Waals surface area contributed by atoms with E-state index in [0.29, 0.717) is 5.82 Å². The average Bonchev–Trinajstić information content (AvgIpc) is 2.45. The third kappa shape index (κ3) is 4.02. The van der Waals surface area contributed by atoms with Crippen molar-refractivity contribution in [2.45, 2.75) is 33.6 Å². The molecule has 0 unspecified atom stereocenters. The third-order valence-corrected chi connectivity index (χ3v) is 3.50. The van der Waals surface area contributed by atoms with Gasteiger partial charge in [-0.05, 0) is 57.5 Å². The molecule has 112 valence electrons. The Balaban J connectivity index is 2.20. The number of hydrogen-bond acceptors (Lipinski definition) is 4. The van der Waals surface area contributed by atoms with Crippen LogP contribution in [0.3, 0.4) is 0 Å². The molecule has 0 atom stereocenters. The zero-order valence-electron chi connectivity index (χ0n) is 13.0. The molecule has 0 fully saturated rings. The minimum Gasteiger partial charge on any atom is -0.508 e. The van der Waals surface area contributed by atoms with Crippen molar-refractivity contribution in [3.63, 3.8) is 0 Å². The average molecular weight is 285 g/mol. The van der Waals surface area contributed by atoms with E-state index < -0.39 is 0 Å². The fourth-order valence-corrected chi connectivity index (χ4v) is 2.39. The molecule has 4 heteroatoms. The van der Waals surface area contributed by atoms with Crippen LogP contribution < -0.4 is 5.32 Å². The maximum Gasteiger partial charge on any atom is 0.159 e. The summed E-state index contributed by atoms with van der Waals surface area (Å²) >= 11 is 0. The summed E-state index contributed by atoms with van der Waals surface area (Å²) in [5, 5.41) is 13.0. The van der Waals surface area contributed by atoms with Gasteiger partial charge in [-0.3, -0.25) is 0 Å². The van der Waals surface area contributed by atoms with Crippen molar-refractivity contribution in [2.75, 3.05) is 13.1 Å². The fourth-order valence-electron chi connectivity index (χ4n) is 2.39. The number of hydrogen-bond donors (Lipinski definition) is 2. The van der Waals surface area contributed by atoms with Gasteiger partial charge in [-0.15, -0.1) is 0 Å². The maximum absolute atomic E-state index is 9.57. The monoisotopic (exact) mass is 285 g/mol. The Labute approximate surface area is 126 Å². The van der Waals surface area contributed by atoms with E-state index in [2.05, 4.69) is 22.2 Å². The van der Waals surface area contributed by atoms with Crippen molar-refractivity contribution in [3.05, 3.63) is 41.2 Å². The van der Waals surface area contributed by atoms with Crippen LogP contribution in [0, 0.1) is 13.8 Å². The Morgan fingerprint density at radius 1 is 1.10 bits per heavy atom. The lowest BCUT2D eigenvalue weighted by Crippen LogP contribution is -2.19. The topological polar surface area (TPSA) is 58.0 Å². The van der Waals surface area contributed by atoms with Crippen molar-refractivity contribution < 1.29 is 5.11 Å². The molecule has 21 heavy (non-hydrogen) atoms. The first-order valence-electron chi connectivity index (χ1n) is 7.46. The lowest BCUT2D eigenvalue weighted by molar-refractivity contribution is 0.475. The number of aromatic hydroxyl groups is 1. The lowest BCUT2D eigenvalue weighted by atomic mass is 10.1. The molecule has 2 N–H and O–H groups in total. The molecular formula is C17H23N3O. The number of nitrogens with one attached hydrogen (secondary N) is 1. The van der Waals surface area contributed by atoms with Crippen LogP contribution >= 0.6 is 0 Å². The standard InChI is InChI=1S/C17H23N3O/c1-4-9-18-10-8-16-12(2)19-17(20-13(16)3)14-6-5-7-15(21)11-14/h5-7,11,18,21H,4,8-10H2,1-3H3. The van der Waals surface area contributed by atoms with E-state index in [0.717, 1.165) is 42.9 Å². The normalized spacial score (nSPS) is 10.8. The third-order valence-electron chi connectivity index (χ3n) is 3.50. The molecular weight excluding hydrogens is 262 g/mol. The molecule has 2 aromatic rings. The molecule has 1 heterocycles. The summed E-state index contributed by atoms with van der Waals surface area (Å²) in [7, 11) is 0. The number of aromatic nitrogens is 2. The van der Waals surface area contributed by atoms with E-state index in [4.69, 9.17) is 0 Å². The lowest BCUT2D eigenvalue weighted by Gasteiger charge is -2.11. The van der Waals surface area contributed by atoms with E-state index in [-0.39, 0.29) is 5.75 Å². The van der Waals surface area contributed by atoms with Crippen LogP contribution in [-0.4, -0.2) is 28.2 Å². The van der Waals surface area contributed by atoms with Gasteiger partial charge in [-0.2, -0.15) is 0 Å². The number of benzene rings is 1. The summed E-state index contributed by atoms with van der Waals surface area (Å²) in [5.41, 5.74) is 4.08. The van der Waals surface area contributed by atoms with Gasteiger partial charge in [-0.25, -0.2) is 9.97 Å². The van der Waals surface area contributed by atoms with Crippen molar-refractivity contribution in [2.24, 2.45) is 0 Å². The largest absolute Gasteiger partial charge is 0.508 e. The van der Waals surface area contributed by atoms with Crippen molar-refractivity contribution >= 4 is 0 Å². The molecule has 0 spiro atoms. The van der Waals surface area contributed by atoms with Gasteiger partial charge < -0.3 is 10.4 Å². The Bertz CT molecular complexity index is 588. The van der Waals surface area contributed by atoms with Crippen LogP contribution in [0.15, 0.2) is 24.3 Å². The summed E-state index contributed by atoms with van der Waals surface area (Å²) < 4.78 is 0. The number of aryl methyl sites for hydroxylation is 2. The number of rotatable bonds is 6. The Morgan fingerprint density at radius 2 is 1.81 bits per heavy atom. The second kappa shape index (κ2) is 7.18. The van der Waals surface area contributed by atoms with Gasteiger partial charge in [0.15, 0.2) is 5.82 Å². The molecule has 0 aliphatic heterocycles. The minimum atomic E-state index is 0.235. The molecule has 0 amide bonds. The summed E-state index contributed by atoms with van der Waals surface area (Å²) in [4.78, 5) is 9.19. The van der Waals surface area contributed by atoms with Crippen LogP contribution in [0.1, 0.15) is 30.3 Å². The van der Waals surface area contributed by atoms with Crippen molar-refractivity contribution in [1.82, 2.24) is 15.3 Å². The first-order chi connectivity index (χ1) is 10.1. The highest BCUT2D eigenvalue weighted by Gasteiger charge is 2.10. The zero-order valence-corrected chi connectivity index (χ0v) is 13.0. The van der Waals surface area contributed by atoms with Crippen LogP contribution in [0.2, 0.25) is 0 Å². The quantitative estimate of drug-likeness (QED) is 0.801. The minimum absolute atomic E-state index is 0.235. The second-order valence-corrected chi connectivity index (χ2v) is 5.25. The van der Waals surface area contributed by atoms with Crippen LogP contribution in [0.5, 0.6) is 5.75 Å². The summed E-state index contributed by atoms with van der Waals surface area (Å²) in [6.07, 6.45) is 2.09. The van der Waals surface area contributed by atoms with Crippen LogP contribution in [-0.2, 0) is 6.42 Å². The van der Waals surface area contributed by atoms with Gasteiger partial charge in [0.1, 0.15) is 5.75 Å². The summed E-state index contributed by atoms with van der Waals surface area (Å²) in [6, 6.07) is 7.06. The predicted molar refractivity (Wildman–Crippen MR) is 85.5 cm³/mol. The molecule has 2 rings (SSSR count). The van der Waals surface area contributed by atoms with E-state index in [9.17, 15) is 5.11 Å². The highest BCUT2D eigenvalue weighted by Crippen LogP contribution is 2.22. The van der Waals surface area contributed by atoms with Gasteiger partial charge in [0.2, 0.25) is 0 Å². The number of phenols is 1. The zero-order chi connectivity index (χ0) is 15.2. The molecule has 0 radical (unpaired) electrons. The van der Waals surface area contributed by atoms with Crippen LogP contribution in [0.25, 0.3) is 11.4 Å². The SMILES string of the molecule is CCCNCCc1c(C)nc(-c2cccc(O)c2)nc1C. The molecule has 1 aromatic heterocycles. The van der Waals surface area contributed by atoms with E-state index in [1.165, 1.54) is 5.56 Å². The van der Waals surface area contributed by atoms with Gasteiger partial charge in [0.25, 0.3) is 0 Å². The molecule has 1 aromatic carbocycles. The maximum atomic E-state index is 9.57. The van der Waals surface area contributed by atoms with Gasteiger partial charge in [0.05, 0.1) is 0 Å². The fraction of sp³-hybridized carbons (Fsp3) is 0.412. The predicted octanol–water partition coefficient (Wildman–Crippen LogP) is 3.01. The first-order valence-corrected chi connectivity index (χ1v) is 7.46. The summed E-state index contributed by atoms with van der Waals surface area (Å²) in [5.74, 6) is 0.908. The summed E-state index contributed by atoms with van der Waals surface area (Å²) in [6.45, 7) is 8.20. The number of phenolic OH excluding ortho intramolecular Hbond substituents is 1.